The average molecular weight is 369 g/mol. The van der Waals surface area contributed by atoms with Crippen molar-refractivity contribution in [3.05, 3.63) is 54.1 Å². The zero-order chi connectivity index (χ0) is 19.4. The Morgan fingerprint density at radius 2 is 1.67 bits per heavy atom. The van der Waals surface area contributed by atoms with Gasteiger partial charge in [-0.3, -0.25) is 9.59 Å². The first kappa shape index (κ1) is 18.8. The molecular formula is C21H23NO5. The third kappa shape index (κ3) is 4.05. The van der Waals surface area contributed by atoms with Crippen molar-refractivity contribution in [1.29, 1.82) is 0 Å². The van der Waals surface area contributed by atoms with E-state index in [2.05, 4.69) is 0 Å². The predicted molar refractivity (Wildman–Crippen MR) is 100 cm³/mol. The molecule has 6 heteroatoms. The lowest BCUT2D eigenvalue weighted by molar-refractivity contribution is -0.142. The van der Waals surface area contributed by atoms with Crippen molar-refractivity contribution >= 4 is 11.9 Å². The highest BCUT2D eigenvalue weighted by atomic mass is 16.5. The van der Waals surface area contributed by atoms with E-state index < -0.39 is 11.9 Å². The molecule has 27 heavy (non-hydrogen) atoms. The molecule has 0 unspecified atom stereocenters. The van der Waals surface area contributed by atoms with Crippen LogP contribution in [0.4, 0.5) is 0 Å². The molecule has 2 aromatic carbocycles. The van der Waals surface area contributed by atoms with Crippen LogP contribution in [-0.4, -0.2) is 41.6 Å². The Balaban J connectivity index is 1.85. The van der Waals surface area contributed by atoms with Crippen molar-refractivity contribution in [3.8, 4) is 17.2 Å². The van der Waals surface area contributed by atoms with E-state index in [0.29, 0.717) is 36.0 Å². The summed E-state index contributed by atoms with van der Waals surface area (Å²) in [5.41, 5.74) is 0.405. The Bertz CT molecular complexity index is 835. The molecule has 1 aliphatic rings. The largest absolute Gasteiger partial charge is 0.490 e. The Labute approximate surface area is 158 Å². The topological polar surface area (TPSA) is 76.1 Å². The second kappa shape index (κ2) is 8.12. The molecule has 142 valence electrons. The number of carbonyl (C=O) groups excluding carboxylic acids is 1. The number of likely N-dealkylation sites (tertiary alicyclic amines) is 1. The molecule has 0 aliphatic carbocycles. The second-order valence-corrected chi connectivity index (χ2v) is 6.61. The fourth-order valence-electron chi connectivity index (χ4n) is 3.28. The minimum Gasteiger partial charge on any atom is -0.490 e. The summed E-state index contributed by atoms with van der Waals surface area (Å²) in [6.45, 7) is 4.87. The van der Waals surface area contributed by atoms with Gasteiger partial charge < -0.3 is 19.5 Å². The van der Waals surface area contributed by atoms with Gasteiger partial charge in [-0.05, 0) is 37.1 Å². The standard InChI is InChI=1S/C21H23NO5/c1-3-26-18-10-6-7-11-19(18)27-17-9-5-4-8-15(17)20(23)22-12-14(2)16(13-22)21(24)25/h4-11,14,16H,3,12-13H2,1-2H3,(H,24,25)/t14-,16-/m1/s1. The van der Waals surface area contributed by atoms with Gasteiger partial charge in [0.15, 0.2) is 11.5 Å². The molecule has 0 spiro atoms. The van der Waals surface area contributed by atoms with E-state index in [1.54, 1.807) is 35.2 Å². The number of nitrogens with zero attached hydrogens (tertiary/aromatic N) is 1. The molecule has 2 atom stereocenters. The van der Waals surface area contributed by atoms with Gasteiger partial charge in [-0.25, -0.2) is 0 Å². The van der Waals surface area contributed by atoms with Crippen LogP contribution in [0.5, 0.6) is 17.2 Å². The molecule has 1 fully saturated rings. The van der Waals surface area contributed by atoms with Crippen molar-refractivity contribution in [3.63, 3.8) is 0 Å². The van der Waals surface area contributed by atoms with Gasteiger partial charge in [-0.15, -0.1) is 0 Å². The van der Waals surface area contributed by atoms with Gasteiger partial charge in [-0.2, -0.15) is 0 Å². The molecule has 0 saturated carbocycles. The maximum absolute atomic E-state index is 13.0. The first-order chi connectivity index (χ1) is 13.0. The van der Waals surface area contributed by atoms with Crippen LogP contribution in [0.2, 0.25) is 0 Å². The number of rotatable bonds is 6. The van der Waals surface area contributed by atoms with Gasteiger partial charge in [0.2, 0.25) is 0 Å². The first-order valence-corrected chi connectivity index (χ1v) is 9.02. The number of aliphatic carboxylic acids is 1. The summed E-state index contributed by atoms with van der Waals surface area (Å²) in [7, 11) is 0. The number of para-hydroxylation sites is 3. The fourth-order valence-corrected chi connectivity index (χ4v) is 3.28. The lowest BCUT2D eigenvalue weighted by atomic mass is 9.99. The number of hydrogen-bond donors (Lipinski definition) is 1. The van der Waals surface area contributed by atoms with E-state index in [9.17, 15) is 14.7 Å². The highest BCUT2D eigenvalue weighted by Gasteiger charge is 2.37. The lowest BCUT2D eigenvalue weighted by Gasteiger charge is -2.19. The van der Waals surface area contributed by atoms with Crippen LogP contribution < -0.4 is 9.47 Å². The van der Waals surface area contributed by atoms with Gasteiger partial charge in [0.1, 0.15) is 5.75 Å². The summed E-state index contributed by atoms with van der Waals surface area (Å²) in [6, 6.07) is 14.3. The van der Waals surface area contributed by atoms with Crippen molar-refractivity contribution in [2.24, 2.45) is 11.8 Å². The SMILES string of the molecule is CCOc1ccccc1Oc1ccccc1C(=O)N1C[C@@H](C)[C@H](C(=O)O)C1. The number of amides is 1. The maximum Gasteiger partial charge on any atom is 0.308 e. The number of carboxylic acids is 1. The zero-order valence-corrected chi connectivity index (χ0v) is 15.4. The molecule has 0 radical (unpaired) electrons. The van der Waals surface area contributed by atoms with Crippen molar-refractivity contribution in [1.82, 2.24) is 4.90 Å². The number of hydrogen-bond acceptors (Lipinski definition) is 4. The third-order valence-corrected chi connectivity index (χ3v) is 4.70. The fraction of sp³-hybridized carbons (Fsp3) is 0.333. The van der Waals surface area contributed by atoms with Crippen LogP contribution in [0.25, 0.3) is 0 Å². The maximum atomic E-state index is 13.0. The number of carbonyl (C=O) groups is 2. The highest BCUT2D eigenvalue weighted by molar-refractivity contribution is 5.97. The van der Waals surface area contributed by atoms with E-state index in [-0.39, 0.29) is 18.4 Å². The second-order valence-electron chi connectivity index (χ2n) is 6.61. The number of carboxylic acid groups (broad SMARTS) is 1. The summed E-state index contributed by atoms with van der Waals surface area (Å²) in [5.74, 6) is -0.177. The molecule has 3 rings (SSSR count). The van der Waals surface area contributed by atoms with Gasteiger partial charge in [0.05, 0.1) is 18.1 Å². The first-order valence-electron chi connectivity index (χ1n) is 9.02. The molecule has 1 N–H and O–H groups in total. The van der Waals surface area contributed by atoms with Crippen LogP contribution in [0.1, 0.15) is 24.2 Å². The molecule has 1 saturated heterocycles. The third-order valence-electron chi connectivity index (χ3n) is 4.70. The molecule has 2 aromatic rings. The van der Waals surface area contributed by atoms with Crippen LogP contribution in [0.15, 0.2) is 48.5 Å². The van der Waals surface area contributed by atoms with Crippen molar-refractivity contribution in [2.75, 3.05) is 19.7 Å². The lowest BCUT2D eigenvalue weighted by Crippen LogP contribution is -2.30. The summed E-state index contributed by atoms with van der Waals surface area (Å²) in [4.78, 5) is 25.9. The Morgan fingerprint density at radius 1 is 1.04 bits per heavy atom. The predicted octanol–water partition coefficient (Wildman–Crippen LogP) is 3.67. The van der Waals surface area contributed by atoms with E-state index in [4.69, 9.17) is 9.47 Å². The monoisotopic (exact) mass is 369 g/mol. The quantitative estimate of drug-likeness (QED) is 0.841. The smallest absolute Gasteiger partial charge is 0.308 e. The van der Waals surface area contributed by atoms with Crippen LogP contribution in [-0.2, 0) is 4.79 Å². The Morgan fingerprint density at radius 3 is 2.30 bits per heavy atom. The average Bonchev–Trinajstić information content (AvgIpc) is 3.05. The Hall–Kier alpha value is -3.02. The zero-order valence-electron chi connectivity index (χ0n) is 15.4. The van der Waals surface area contributed by atoms with E-state index in [1.165, 1.54) is 0 Å². The summed E-state index contributed by atoms with van der Waals surface area (Å²) in [6.07, 6.45) is 0. The van der Waals surface area contributed by atoms with Crippen molar-refractivity contribution < 1.29 is 24.2 Å². The van der Waals surface area contributed by atoms with E-state index in [0.717, 1.165) is 0 Å². The molecule has 0 aromatic heterocycles. The molecule has 1 heterocycles. The normalized spacial score (nSPS) is 19.0. The highest BCUT2D eigenvalue weighted by Crippen LogP contribution is 2.34. The number of benzene rings is 2. The van der Waals surface area contributed by atoms with Gasteiger partial charge in [0.25, 0.3) is 5.91 Å². The van der Waals surface area contributed by atoms with Gasteiger partial charge in [0, 0.05) is 13.1 Å². The van der Waals surface area contributed by atoms with Crippen LogP contribution in [0.3, 0.4) is 0 Å². The van der Waals surface area contributed by atoms with E-state index in [1.807, 2.05) is 32.0 Å². The van der Waals surface area contributed by atoms with Gasteiger partial charge >= 0.3 is 5.97 Å². The molecule has 6 nitrogen and oxygen atoms in total. The Kier molecular flexibility index (Phi) is 5.64. The van der Waals surface area contributed by atoms with Gasteiger partial charge in [-0.1, -0.05) is 31.2 Å². The molecular weight excluding hydrogens is 346 g/mol. The molecule has 0 bridgehead atoms. The van der Waals surface area contributed by atoms with E-state index >= 15 is 0 Å². The molecule has 1 amide bonds. The van der Waals surface area contributed by atoms with Crippen LogP contribution in [0, 0.1) is 11.8 Å². The van der Waals surface area contributed by atoms with Crippen LogP contribution >= 0.6 is 0 Å². The number of ether oxygens (including phenoxy) is 2. The van der Waals surface area contributed by atoms with Crippen molar-refractivity contribution in [2.45, 2.75) is 13.8 Å². The minimum absolute atomic E-state index is 0.0850. The summed E-state index contributed by atoms with van der Waals surface area (Å²) < 4.78 is 11.6. The molecule has 1 aliphatic heterocycles. The minimum atomic E-state index is -0.868. The summed E-state index contributed by atoms with van der Waals surface area (Å²) >= 11 is 0. The summed E-state index contributed by atoms with van der Waals surface area (Å²) in [5, 5.41) is 9.31.